The van der Waals surface area contributed by atoms with E-state index in [-0.39, 0.29) is 12.4 Å². The van der Waals surface area contributed by atoms with Crippen molar-refractivity contribution in [3.05, 3.63) is 29.3 Å². The SMILES string of the molecule is COC(=O)CCC(O)CN(C)c1cc(C)ccc1C. The van der Waals surface area contributed by atoms with Crippen LogP contribution in [0.4, 0.5) is 5.69 Å². The number of aliphatic hydroxyl groups excluding tert-OH is 1. The molecule has 1 atom stereocenters. The molecule has 0 aliphatic heterocycles. The van der Waals surface area contributed by atoms with Gasteiger partial charge in [0, 0.05) is 25.7 Å². The van der Waals surface area contributed by atoms with Gasteiger partial charge in [0.1, 0.15) is 0 Å². The third-order valence-electron chi connectivity index (χ3n) is 3.17. The molecule has 1 rings (SSSR count). The first-order chi connectivity index (χ1) is 8.93. The molecule has 4 nitrogen and oxygen atoms in total. The van der Waals surface area contributed by atoms with Crippen LogP contribution in [0.2, 0.25) is 0 Å². The molecule has 0 fully saturated rings. The molecule has 0 amide bonds. The Bertz CT molecular complexity index is 431. The Morgan fingerprint density at radius 2 is 2.11 bits per heavy atom. The number of nitrogens with zero attached hydrogens (tertiary/aromatic N) is 1. The second kappa shape index (κ2) is 7.14. The van der Waals surface area contributed by atoms with E-state index in [1.54, 1.807) is 0 Å². The van der Waals surface area contributed by atoms with Gasteiger partial charge < -0.3 is 14.7 Å². The molecule has 106 valence electrons. The molecule has 0 aliphatic carbocycles. The lowest BCUT2D eigenvalue weighted by molar-refractivity contribution is -0.141. The summed E-state index contributed by atoms with van der Waals surface area (Å²) in [5.74, 6) is -0.284. The molecule has 0 aliphatic rings. The normalized spacial score (nSPS) is 12.1. The standard InChI is InChI=1S/C15H23NO3/c1-11-5-6-12(2)14(9-11)16(3)10-13(17)7-8-15(18)19-4/h5-6,9,13,17H,7-8,10H2,1-4H3. The first-order valence-corrected chi connectivity index (χ1v) is 6.47. The number of ether oxygens (including phenoxy) is 1. The second-order valence-corrected chi connectivity index (χ2v) is 4.94. The largest absolute Gasteiger partial charge is 0.469 e. The van der Waals surface area contributed by atoms with Crippen LogP contribution in [-0.2, 0) is 9.53 Å². The number of hydrogen-bond acceptors (Lipinski definition) is 4. The molecule has 0 spiro atoms. The van der Waals surface area contributed by atoms with E-state index in [0.29, 0.717) is 13.0 Å². The average molecular weight is 265 g/mol. The van der Waals surface area contributed by atoms with Crippen LogP contribution < -0.4 is 4.90 Å². The molecule has 0 heterocycles. The molecule has 19 heavy (non-hydrogen) atoms. The smallest absolute Gasteiger partial charge is 0.305 e. The number of rotatable bonds is 6. The summed E-state index contributed by atoms with van der Waals surface area (Å²) in [7, 11) is 3.31. The lowest BCUT2D eigenvalue weighted by Crippen LogP contribution is -2.30. The van der Waals surface area contributed by atoms with Crippen LogP contribution in [0.1, 0.15) is 24.0 Å². The van der Waals surface area contributed by atoms with E-state index in [9.17, 15) is 9.90 Å². The molecule has 0 bridgehead atoms. The van der Waals surface area contributed by atoms with Crippen LogP contribution in [0.15, 0.2) is 18.2 Å². The Hall–Kier alpha value is -1.55. The summed E-state index contributed by atoms with van der Waals surface area (Å²) in [6, 6.07) is 6.24. The van der Waals surface area contributed by atoms with Crippen molar-refractivity contribution >= 4 is 11.7 Å². The fraction of sp³-hybridized carbons (Fsp3) is 0.533. The van der Waals surface area contributed by atoms with E-state index in [1.165, 1.54) is 18.2 Å². The van der Waals surface area contributed by atoms with Crippen molar-refractivity contribution < 1.29 is 14.6 Å². The number of carbonyl (C=O) groups excluding carboxylic acids is 1. The summed E-state index contributed by atoms with van der Waals surface area (Å²) >= 11 is 0. The zero-order valence-corrected chi connectivity index (χ0v) is 12.1. The molecular formula is C15H23NO3. The molecule has 1 aromatic carbocycles. The van der Waals surface area contributed by atoms with Gasteiger partial charge in [-0.15, -0.1) is 0 Å². The van der Waals surface area contributed by atoms with Gasteiger partial charge in [-0.3, -0.25) is 4.79 Å². The minimum Gasteiger partial charge on any atom is -0.469 e. The van der Waals surface area contributed by atoms with Crippen molar-refractivity contribution in [2.24, 2.45) is 0 Å². The molecule has 1 N–H and O–H groups in total. The number of aryl methyl sites for hydroxylation is 2. The van der Waals surface area contributed by atoms with Crippen molar-refractivity contribution in [2.75, 3.05) is 25.6 Å². The summed E-state index contributed by atoms with van der Waals surface area (Å²) in [5.41, 5.74) is 3.47. The highest BCUT2D eigenvalue weighted by Gasteiger charge is 2.12. The topological polar surface area (TPSA) is 49.8 Å². The van der Waals surface area contributed by atoms with E-state index >= 15 is 0 Å². The van der Waals surface area contributed by atoms with Gasteiger partial charge >= 0.3 is 5.97 Å². The van der Waals surface area contributed by atoms with Crippen molar-refractivity contribution in [2.45, 2.75) is 32.8 Å². The Morgan fingerprint density at radius 1 is 1.42 bits per heavy atom. The molecule has 0 saturated heterocycles. The minimum atomic E-state index is -0.538. The Labute approximate surface area is 115 Å². The van der Waals surface area contributed by atoms with Crippen molar-refractivity contribution in [3.63, 3.8) is 0 Å². The van der Waals surface area contributed by atoms with Gasteiger partial charge in [-0.2, -0.15) is 0 Å². The van der Waals surface area contributed by atoms with E-state index < -0.39 is 6.10 Å². The minimum absolute atomic E-state index is 0.248. The van der Waals surface area contributed by atoms with Gasteiger partial charge in [0.25, 0.3) is 0 Å². The first kappa shape index (κ1) is 15.5. The Morgan fingerprint density at radius 3 is 2.74 bits per heavy atom. The molecule has 1 unspecified atom stereocenters. The Kier molecular flexibility index (Phi) is 5.83. The molecule has 0 aromatic heterocycles. The van der Waals surface area contributed by atoms with Gasteiger partial charge in [0.2, 0.25) is 0 Å². The third kappa shape index (κ3) is 4.91. The fourth-order valence-electron chi connectivity index (χ4n) is 2.02. The van der Waals surface area contributed by atoms with E-state index in [1.807, 2.05) is 25.8 Å². The quantitative estimate of drug-likeness (QED) is 0.800. The highest BCUT2D eigenvalue weighted by Crippen LogP contribution is 2.20. The number of likely N-dealkylation sites (N-methyl/N-ethyl adjacent to an activating group) is 1. The predicted octanol–water partition coefficient (Wildman–Crippen LogP) is 2.05. The van der Waals surface area contributed by atoms with Crippen LogP contribution in [0, 0.1) is 13.8 Å². The van der Waals surface area contributed by atoms with Gasteiger partial charge in [-0.1, -0.05) is 12.1 Å². The molecular weight excluding hydrogens is 242 g/mol. The lowest BCUT2D eigenvalue weighted by atomic mass is 10.1. The summed E-state index contributed by atoms with van der Waals surface area (Å²) < 4.78 is 4.56. The van der Waals surface area contributed by atoms with Gasteiger partial charge in [0.15, 0.2) is 0 Å². The molecule has 0 radical (unpaired) electrons. The zero-order valence-electron chi connectivity index (χ0n) is 12.1. The number of esters is 1. The first-order valence-electron chi connectivity index (χ1n) is 6.47. The van der Waals surface area contributed by atoms with Gasteiger partial charge in [-0.25, -0.2) is 0 Å². The van der Waals surface area contributed by atoms with Crippen LogP contribution in [-0.4, -0.2) is 37.9 Å². The highest BCUT2D eigenvalue weighted by molar-refractivity contribution is 5.69. The highest BCUT2D eigenvalue weighted by atomic mass is 16.5. The maximum Gasteiger partial charge on any atom is 0.305 e. The van der Waals surface area contributed by atoms with Gasteiger partial charge in [0.05, 0.1) is 13.2 Å². The van der Waals surface area contributed by atoms with Crippen LogP contribution in [0.5, 0.6) is 0 Å². The van der Waals surface area contributed by atoms with Crippen molar-refractivity contribution in [1.82, 2.24) is 0 Å². The zero-order chi connectivity index (χ0) is 14.4. The number of carbonyl (C=O) groups is 1. The number of hydrogen-bond donors (Lipinski definition) is 1. The maximum atomic E-state index is 11.0. The summed E-state index contributed by atoms with van der Waals surface area (Å²) in [6.07, 6.45) is 0.129. The van der Waals surface area contributed by atoms with E-state index in [0.717, 1.165) is 5.69 Å². The van der Waals surface area contributed by atoms with Crippen molar-refractivity contribution in [3.8, 4) is 0 Å². The summed E-state index contributed by atoms with van der Waals surface area (Å²) in [5, 5.41) is 9.94. The second-order valence-electron chi connectivity index (χ2n) is 4.94. The number of methoxy groups -OCH3 is 1. The predicted molar refractivity (Wildman–Crippen MR) is 76.4 cm³/mol. The summed E-state index contributed by atoms with van der Waals surface area (Å²) in [4.78, 5) is 13.0. The summed E-state index contributed by atoms with van der Waals surface area (Å²) in [6.45, 7) is 4.60. The van der Waals surface area contributed by atoms with Crippen LogP contribution >= 0.6 is 0 Å². The average Bonchev–Trinajstić information content (AvgIpc) is 2.38. The van der Waals surface area contributed by atoms with Gasteiger partial charge in [-0.05, 0) is 37.5 Å². The van der Waals surface area contributed by atoms with E-state index in [4.69, 9.17) is 0 Å². The fourth-order valence-corrected chi connectivity index (χ4v) is 2.02. The Balaban J connectivity index is 2.56. The molecule has 4 heteroatoms. The molecule has 0 saturated carbocycles. The lowest BCUT2D eigenvalue weighted by Gasteiger charge is -2.24. The van der Waals surface area contributed by atoms with Crippen LogP contribution in [0.25, 0.3) is 0 Å². The maximum absolute atomic E-state index is 11.0. The number of benzene rings is 1. The number of anilines is 1. The number of aliphatic hydroxyl groups is 1. The third-order valence-corrected chi connectivity index (χ3v) is 3.17. The van der Waals surface area contributed by atoms with Crippen molar-refractivity contribution in [1.29, 1.82) is 0 Å². The monoisotopic (exact) mass is 265 g/mol. The van der Waals surface area contributed by atoms with E-state index in [2.05, 4.69) is 22.9 Å². The van der Waals surface area contributed by atoms with Crippen LogP contribution in [0.3, 0.4) is 0 Å². The molecule has 1 aromatic rings.